The third kappa shape index (κ3) is 3.58. The predicted octanol–water partition coefficient (Wildman–Crippen LogP) is 0.793. The van der Waals surface area contributed by atoms with Crippen molar-refractivity contribution < 1.29 is 9.59 Å². The number of rotatable bonds is 4. The van der Waals surface area contributed by atoms with E-state index >= 15 is 0 Å². The molecule has 1 aliphatic rings. The highest BCUT2D eigenvalue weighted by molar-refractivity contribution is 5.97. The maximum Gasteiger partial charge on any atom is 0.251 e. The van der Waals surface area contributed by atoms with Crippen molar-refractivity contribution in [3.8, 4) is 5.69 Å². The van der Waals surface area contributed by atoms with Gasteiger partial charge in [-0.15, -0.1) is 5.10 Å². The van der Waals surface area contributed by atoms with E-state index in [1.54, 1.807) is 31.2 Å². The lowest BCUT2D eigenvalue weighted by Crippen LogP contribution is -2.48. The Hall–Kier alpha value is -2.77. The maximum absolute atomic E-state index is 12.4. The monoisotopic (exact) mass is 328 g/mol. The van der Waals surface area contributed by atoms with E-state index in [2.05, 4.69) is 20.8 Å². The van der Waals surface area contributed by atoms with Crippen molar-refractivity contribution in [2.24, 2.45) is 0 Å². The van der Waals surface area contributed by atoms with Gasteiger partial charge in [-0.2, -0.15) is 0 Å². The number of benzene rings is 1. The lowest BCUT2D eigenvalue weighted by molar-refractivity contribution is -0.133. The highest BCUT2D eigenvalue weighted by Crippen LogP contribution is 2.11. The topological polar surface area (TPSA) is 93.0 Å². The molecule has 0 spiro atoms. The van der Waals surface area contributed by atoms with E-state index in [0.29, 0.717) is 5.56 Å². The number of likely N-dealkylation sites (tertiary alicyclic amines) is 1. The van der Waals surface area contributed by atoms with Crippen LogP contribution in [0.5, 0.6) is 0 Å². The van der Waals surface area contributed by atoms with Gasteiger partial charge in [-0.3, -0.25) is 9.59 Å². The Labute approximate surface area is 139 Å². The molecule has 3 rings (SSSR count). The molecule has 0 bridgehead atoms. The van der Waals surface area contributed by atoms with Crippen LogP contribution in [0, 0.1) is 0 Å². The molecule has 8 nitrogen and oxygen atoms in total. The van der Waals surface area contributed by atoms with Gasteiger partial charge in [0.05, 0.1) is 5.69 Å². The van der Waals surface area contributed by atoms with Gasteiger partial charge >= 0.3 is 0 Å². The number of piperidine rings is 1. The molecule has 1 saturated heterocycles. The summed E-state index contributed by atoms with van der Waals surface area (Å²) in [6.45, 7) is 3.28. The predicted molar refractivity (Wildman–Crippen MR) is 86.5 cm³/mol. The molecule has 1 atom stereocenters. The SMILES string of the molecule is CC(NC(=O)c1ccc(-n2cnnn2)cc1)C(=O)N1CCCCC1. The first kappa shape index (κ1) is 16.1. The van der Waals surface area contributed by atoms with E-state index in [1.165, 1.54) is 11.0 Å². The number of hydrogen-bond acceptors (Lipinski definition) is 5. The minimum Gasteiger partial charge on any atom is -0.341 e. The zero-order chi connectivity index (χ0) is 16.9. The Morgan fingerprint density at radius 3 is 2.46 bits per heavy atom. The second-order valence-corrected chi connectivity index (χ2v) is 5.88. The molecule has 1 unspecified atom stereocenters. The number of nitrogens with one attached hydrogen (secondary N) is 1. The van der Waals surface area contributed by atoms with Gasteiger partial charge in [0, 0.05) is 18.7 Å². The highest BCUT2D eigenvalue weighted by Gasteiger charge is 2.23. The zero-order valence-corrected chi connectivity index (χ0v) is 13.6. The van der Waals surface area contributed by atoms with Crippen molar-refractivity contribution in [1.82, 2.24) is 30.4 Å². The molecule has 1 fully saturated rings. The summed E-state index contributed by atoms with van der Waals surface area (Å²) < 4.78 is 1.50. The molecule has 1 aliphatic heterocycles. The van der Waals surface area contributed by atoms with Crippen LogP contribution in [0.1, 0.15) is 36.5 Å². The van der Waals surface area contributed by atoms with Crippen LogP contribution in [0.3, 0.4) is 0 Å². The summed E-state index contributed by atoms with van der Waals surface area (Å²) in [7, 11) is 0. The summed E-state index contributed by atoms with van der Waals surface area (Å²) in [5.41, 5.74) is 1.25. The molecule has 0 aliphatic carbocycles. The lowest BCUT2D eigenvalue weighted by atomic mass is 10.1. The van der Waals surface area contributed by atoms with E-state index < -0.39 is 6.04 Å². The summed E-state index contributed by atoms with van der Waals surface area (Å²) in [5, 5.41) is 13.7. The number of carbonyl (C=O) groups is 2. The fourth-order valence-corrected chi connectivity index (χ4v) is 2.78. The van der Waals surface area contributed by atoms with Crippen LogP contribution >= 0.6 is 0 Å². The molecule has 0 radical (unpaired) electrons. The summed E-state index contributed by atoms with van der Waals surface area (Å²) in [6, 6.07) is 6.34. The first-order chi connectivity index (χ1) is 11.6. The van der Waals surface area contributed by atoms with Crippen molar-refractivity contribution >= 4 is 11.8 Å². The summed E-state index contributed by atoms with van der Waals surface area (Å²) >= 11 is 0. The Bertz CT molecular complexity index is 692. The average molecular weight is 328 g/mol. The standard InChI is InChI=1S/C16H20N6O2/c1-12(16(24)21-9-3-2-4-10-21)18-15(23)13-5-7-14(8-6-13)22-11-17-19-20-22/h5-8,11-12H,2-4,9-10H2,1H3,(H,18,23). The van der Waals surface area contributed by atoms with Crippen LogP contribution in [0.25, 0.3) is 5.69 Å². The molecule has 2 aromatic rings. The van der Waals surface area contributed by atoms with Gasteiger partial charge in [-0.25, -0.2) is 4.68 Å². The maximum atomic E-state index is 12.4. The minimum absolute atomic E-state index is 0.0200. The Morgan fingerprint density at radius 1 is 1.12 bits per heavy atom. The number of nitrogens with zero attached hydrogens (tertiary/aromatic N) is 5. The fourth-order valence-electron chi connectivity index (χ4n) is 2.78. The molecular formula is C16H20N6O2. The number of aromatic nitrogens is 4. The largest absolute Gasteiger partial charge is 0.341 e. The molecule has 126 valence electrons. The molecule has 2 amide bonds. The van der Waals surface area contributed by atoms with E-state index in [1.807, 2.05) is 4.90 Å². The third-order valence-electron chi connectivity index (χ3n) is 4.13. The first-order valence-corrected chi connectivity index (χ1v) is 8.08. The van der Waals surface area contributed by atoms with Crippen molar-refractivity contribution in [2.45, 2.75) is 32.2 Å². The average Bonchev–Trinajstić information content (AvgIpc) is 3.16. The van der Waals surface area contributed by atoms with Crippen molar-refractivity contribution in [1.29, 1.82) is 0 Å². The number of hydrogen-bond donors (Lipinski definition) is 1. The minimum atomic E-state index is -0.533. The van der Waals surface area contributed by atoms with Gasteiger partial charge in [0.25, 0.3) is 5.91 Å². The van der Waals surface area contributed by atoms with E-state index in [0.717, 1.165) is 38.0 Å². The van der Waals surface area contributed by atoms with Gasteiger partial charge in [0.1, 0.15) is 12.4 Å². The second-order valence-electron chi connectivity index (χ2n) is 5.88. The number of tetrazole rings is 1. The molecule has 1 aromatic heterocycles. The highest BCUT2D eigenvalue weighted by atomic mass is 16.2. The van der Waals surface area contributed by atoms with E-state index in [-0.39, 0.29) is 11.8 Å². The van der Waals surface area contributed by atoms with Gasteiger partial charge < -0.3 is 10.2 Å². The third-order valence-corrected chi connectivity index (χ3v) is 4.13. The molecular weight excluding hydrogens is 308 g/mol. The zero-order valence-electron chi connectivity index (χ0n) is 13.6. The van der Waals surface area contributed by atoms with Crippen molar-refractivity contribution in [3.05, 3.63) is 36.2 Å². The summed E-state index contributed by atoms with van der Waals surface area (Å²) in [6.07, 6.45) is 4.71. The molecule has 1 aromatic carbocycles. The van der Waals surface area contributed by atoms with Crippen LogP contribution in [0.2, 0.25) is 0 Å². The van der Waals surface area contributed by atoms with Crippen LogP contribution in [0.4, 0.5) is 0 Å². The van der Waals surface area contributed by atoms with Crippen LogP contribution in [-0.4, -0.2) is 56.1 Å². The quantitative estimate of drug-likeness (QED) is 0.896. The van der Waals surface area contributed by atoms with Crippen molar-refractivity contribution in [2.75, 3.05) is 13.1 Å². The fraction of sp³-hybridized carbons (Fsp3) is 0.438. The van der Waals surface area contributed by atoms with Gasteiger partial charge in [0.2, 0.25) is 5.91 Å². The van der Waals surface area contributed by atoms with Gasteiger partial charge in [-0.1, -0.05) is 0 Å². The molecule has 0 saturated carbocycles. The normalized spacial score (nSPS) is 15.8. The molecule has 1 N–H and O–H groups in total. The van der Waals surface area contributed by atoms with E-state index in [9.17, 15) is 9.59 Å². The Kier molecular flexibility index (Phi) is 4.83. The number of carbonyl (C=O) groups excluding carboxylic acids is 2. The Morgan fingerprint density at radius 2 is 1.83 bits per heavy atom. The molecule has 2 heterocycles. The lowest BCUT2D eigenvalue weighted by Gasteiger charge is -2.29. The van der Waals surface area contributed by atoms with Gasteiger partial charge in [-0.05, 0) is 60.9 Å². The Balaban J connectivity index is 1.60. The smallest absolute Gasteiger partial charge is 0.251 e. The van der Waals surface area contributed by atoms with Crippen LogP contribution < -0.4 is 5.32 Å². The molecule has 8 heteroatoms. The van der Waals surface area contributed by atoms with Crippen LogP contribution in [0.15, 0.2) is 30.6 Å². The summed E-state index contributed by atoms with van der Waals surface area (Å²) in [4.78, 5) is 26.5. The number of amides is 2. The molecule has 24 heavy (non-hydrogen) atoms. The summed E-state index contributed by atoms with van der Waals surface area (Å²) in [5.74, 6) is -0.288. The van der Waals surface area contributed by atoms with Crippen molar-refractivity contribution in [3.63, 3.8) is 0 Å². The first-order valence-electron chi connectivity index (χ1n) is 8.08. The van der Waals surface area contributed by atoms with Crippen LogP contribution in [-0.2, 0) is 4.79 Å². The van der Waals surface area contributed by atoms with Gasteiger partial charge in [0.15, 0.2) is 0 Å². The second kappa shape index (κ2) is 7.20. The van der Waals surface area contributed by atoms with E-state index in [4.69, 9.17) is 0 Å².